The van der Waals surface area contributed by atoms with Crippen LogP contribution in [0.15, 0.2) is 18.2 Å². The Morgan fingerprint density at radius 3 is 2.41 bits per heavy atom. The maximum absolute atomic E-state index is 11.7. The number of carbonyl (C=O) groups is 2. The van der Waals surface area contributed by atoms with Crippen LogP contribution in [0.5, 0.6) is 5.75 Å². The third-order valence-corrected chi connectivity index (χ3v) is 3.50. The van der Waals surface area contributed by atoms with Crippen molar-refractivity contribution in [1.29, 1.82) is 0 Å². The number of esters is 2. The molecule has 6 heteroatoms. The summed E-state index contributed by atoms with van der Waals surface area (Å²) in [5.41, 5.74) is 1.36. The van der Waals surface area contributed by atoms with Gasteiger partial charge in [0.2, 0.25) is 0 Å². The number of hydrogen-bond donors (Lipinski definition) is 0. The number of nitrogens with zero attached hydrogens (tertiary/aromatic N) is 1. The molecule has 0 amide bonds. The number of halogens is 1. The van der Waals surface area contributed by atoms with Crippen molar-refractivity contribution in [2.75, 3.05) is 20.2 Å². The van der Waals surface area contributed by atoms with Crippen LogP contribution < -0.4 is 4.74 Å². The first-order chi connectivity index (χ1) is 10.1. The Morgan fingerprint density at radius 2 is 1.82 bits per heavy atom. The third kappa shape index (κ3) is 5.31. The summed E-state index contributed by atoms with van der Waals surface area (Å²) in [6.07, 6.45) is 3.68. The van der Waals surface area contributed by atoms with Crippen LogP contribution in [0.25, 0.3) is 0 Å². The summed E-state index contributed by atoms with van der Waals surface area (Å²) in [7, 11) is 1.34. The van der Waals surface area contributed by atoms with E-state index in [9.17, 15) is 9.59 Å². The maximum atomic E-state index is 11.7. The molecule has 1 fully saturated rings. The lowest BCUT2D eigenvalue weighted by atomic mass is 10.1. The van der Waals surface area contributed by atoms with Crippen LogP contribution in [-0.2, 0) is 16.1 Å². The van der Waals surface area contributed by atoms with Crippen molar-refractivity contribution in [3.05, 3.63) is 29.3 Å². The zero-order chi connectivity index (χ0) is 15.2. The summed E-state index contributed by atoms with van der Waals surface area (Å²) in [6.45, 7) is 4.21. The molecule has 0 atom stereocenters. The molecule has 1 saturated heterocycles. The lowest BCUT2D eigenvalue weighted by Gasteiger charge is -2.26. The second kappa shape index (κ2) is 8.76. The second-order valence-electron chi connectivity index (χ2n) is 5.29. The van der Waals surface area contributed by atoms with Gasteiger partial charge in [-0.2, -0.15) is 0 Å². The van der Waals surface area contributed by atoms with E-state index < -0.39 is 11.9 Å². The predicted octanol–water partition coefficient (Wildman–Crippen LogP) is 2.81. The topological polar surface area (TPSA) is 55.8 Å². The zero-order valence-corrected chi connectivity index (χ0v) is 13.8. The molecule has 122 valence electrons. The summed E-state index contributed by atoms with van der Waals surface area (Å²) in [5.74, 6) is -0.442. The minimum atomic E-state index is -0.427. The van der Waals surface area contributed by atoms with E-state index in [2.05, 4.69) is 4.90 Å². The highest BCUT2D eigenvalue weighted by Gasteiger charge is 2.14. The fourth-order valence-electron chi connectivity index (χ4n) is 2.59. The molecular formula is C16H22ClNO4. The normalized spacial score (nSPS) is 14.8. The summed E-state index contributed by atoms with van der Waals surface area (Å²) < 4.78 is 9.86. The van der Waals surface area contributed by atoms with Crippen LogP contribution in [0.2, 0.25) is 0 Å². The number of hydrogen-bond acceptors (Lipinski definition) is 5. The van der Waals surface area contributed by atoms with Gasteiger partial charge in [0.15, 0.2) is 0 Å². The SMILES string of the molecule is COC(=O)c1cc(CN2CCCCC2)cc(OC(C)=O)c1.Cl. The van der Waals surface area contributed by atoms with E-state index in [1.165, 1.54) is 39.4 Å². The molecule has 0 aliphatic carbocycles. The van der Waals surface area contributed by atoms with Crippen LogP contribution in [0.3, 0.4) is 0 Å². The Morgan fingerprint density at radius 1 is 1.14 bits per heavy atom. The predicted molar refractivity (Wildman–Crippen MR) is 85.5 cm³/mol. The number of rotatable bonds is 4. The van der Waals surface area contributed by atoms with Crippen molar-refractivity contribution in [1.82, 2.24) is 4.90 Å². The number of ether oxygens (including phenoxy) is 2. The molecule has 1 heterocycles. The molecule has 5 nitrogen and oxygen atoms in total. The van der Waals surface area contributed by atoms with E-state index in [1.54, 1.807) is 6.07 Å². The van der Waals surface area contributed by atoms with Crippen LogP contribution in [0, 0.1) is 0 Å². The number of carbonyl (C=O) groups excluding carboxylic acids is 2. The van der Waals surface area contributed by atoms with Gasteiger partial charge in [-0.05, 0) is 49.7 Å². The Balaban J connectivity index is 0.00000242. The highest BCUT2D eigenvalue weighted by atomic mass is 35.5. The van der Waals surface area contributed by atoms with Crippen molar-refractivity contribution < 1.29 is 19.1 Å². The molecule has 0 aromatic heterocycles. The molecule has 22 heavy (non-hydrogen) atoms. The average Bonchev–Trinajstić information content (AvgIpc) is 2.46. The molecule has 0 spiro atoms. The first-order valence-electron chi connectivity index (χ1n) is 7.21. The molecule has 0 bridgehead atoms. The first-order valence-corrected chi connectivity index (χ1v) is 7.21. The van der Waals surface area contributed by atoms with E-state index in [1.807, 2.05) is 6.07 Å². The summed E-state index contributed by atoms with van der Waals surface area (Å²) in [5, 5.41) is 0. The van der Waals surface area contributed by atoms with Crippen molar-refractivity contribution in [3.63, 3.8) is 0 Å². The molecule has 1 aliphatic heterocycles. The van der Waals surface area contributed by atoms with Crippen LogP contribution >= 0.6 is 12.4 Å². The Bertz CT molecular complexity index is 527. The highest BCUT2D eigenvalue weighted by Crippen LogP contribution is 2.21. The Kier molecular flexibility index (Phi) is 7.35. The zero-order valence-electron chi connectivity index (χ0n) is 13.0. The standard InChI is InChI=1S/C16H21NO4.ClH/c1-12(18)21-15-9-13(8-14(10-15)16(19)20-2)11-17-6-4-3-5-7-17;/h8-10H,3-7,11H2,1-2H3;1H. The number of methoxy groups -OCH3 is 1. The van der Waals surface area contributed by atoms with Crippen LogP contribution in [0.1, 0.15) is 42.1 Å². The fourth-order valence-corrected chi connectivity index (χ4v) is 2.59. The van der Waals surface area contributed by atoms with Crippen molar-refractivity contribution >= 4 is 24.3 Å². The average molecular weight is 328 g/mol. The quantitative estimate of drug-likeness (QED) is 0.628. The summed E-state index contributed by atoms with van der Waals surface area (Å²) >= 11 is 0. The minimum absolute atomic E-state index is 0. The molecule has 2 rings (SSSR count). The summed E-state index contributed by atoms with van der Waals surface area (Å²) in [4.78, 5) is 25.2. The van der Waals surface area contributed by atoms with E-state index in [4.69, 9.17) is 9.47 Å². The van der Waals surface area contributed by atoms with E-state index in [-0.39, 0.29) is 12.4 Å². The third-order valence-electron chi connectivity index (χ3n) is 3.50. The van der Waals surface area contributed by atoms with Gasteiger partial charge in [-0.15, -0.1) is 12.4 Å². The molecule has 1 aromatic carbocycles. The lowest BCUT2D eigenvalue weighted by molar-refractivity contribution is -0.131. The van der Waals surface area contributed by atoms with E-state index >= 15 is 0 Å². The van der Waals surface area contributed by atoms with Crippen LogP contribution in [-0.4, -0.2) is 37.0 Å². The molecular weight excluding hydrogens is 306 g/mol. The first kappa shape index (κ1) is 18.5. The lowest BCUT2D eigenvalue weighted by Crippen LogP contribution is -2.29. The summed E-state index contributed by atoms with van der Waals surface area (Å²) in [6, 6.07) is 5.14. The molecule has 1 aromatic rings. The Hall–Kier alpha value is -1.59. The van der Waals surface area contributed by atoms with Gasteiger partial charge in [0, 0.05) is 13.5 Å². The van der Waals surface area contributed by atoms with Gasteiger partial charge < -0.3 is 9.47 Å². The number of piperidine rings is 1. The molecule has 0 N–H and O–H groups in total. The van der Waals surface area contributed by atoms with Gasteiger partial charge >= 0.3 is 11.9 Å². The Labute approximate surface area is 137 Å². The number of likely N-dealkylation sites (tertiary alicyclic amines) is 1. The fraction of sp³-hybridized carbons (Fsp3) is 0.500. The van der Waals surface area contributed by atoms with Crippen molar-refractivity contribution in [3.8, 4) is 5.75 Å². The van der Waals surface area contributed by atoms with Gasteiger partial charge in [-0.1, -0.05) is 6.42 Å². The minimum Gasteiger partial charge on any atom is -0.465 e. The molecule has 0 unspecified atom stereocenters. The largest absolute Gasteiger partial charge is 0.465 e. The van der Waals surface area contributed by atoms with Crippen molar-refractivity contribution in [2.24, 2.45) is 0 Å². The van der Waals surface area contributed by atoms with Crippen LogP contribution in [0.4, 0.5) is 0 Å². The molecule has 1 aliphatic rings. The monoisotopic (exact) mass is 327 g/mol. The highest BCUT2D eigenvalue weighted by molar-refractivity contribution is 5.90. The van der Waals surface area contributed by atoms with Gasteiger partial charge in [-0.3, -0.25) is 9.69 Å². The second-order valence-corrected chi connectivity index (χ2v) is 5.29. The molecule has 0 radical (unpaired) electrons. The van der Waals surface area contributed by atoms with Gasteiger partial charge in [0.25, 0.3) is 0 Å². The maximum Gasteiger partial charge on any atom is 0.337 e. The molecule has 0 saturated carbocycles. The van der Waals surface area contributed by atoms with E-state index in [0.717, 1.165) is 25.2 Å². The van der Waals surface area contributed by atoms with Gasteiger partial charge in [0.05, 0.1) is 12.7 Å². The van der Waals surface area contributed by atoms with Gasteiger partial charge in [-0.25, -0.2) is 4.79 Å². The number of benzene rings is 1. The van der Waals surface area contributed by atoms with Gasteiger partial charge in [0.1, 0.15) is 5.75 Å². The smallest absolute Gasteiger partial charge is 0.337 e. The van der Waals surface area contributed by atoms with E-state index in [0.29, 0.717) is 11.3 Å². The van der Waals surface area contributed by atoms with Crippen molar-refractivity contribution in [2.45, 2.75) is 32.7 Å².